The van der Waals surface area contributed by atoms with E-state index in [0.717, 1.165) is 0 Å². The van der Waals surface area contributed by atoms with Crippen LogP contribution in [0.2, 0.25) is 0 Å². The first-order chi connectivity index (χ1) is 0. The summed E-state index contributed by atoms with van der Waals surface area (Å²) in [6, 6.07) is 0. The molecule has 0 aliphatic rings. The Balaban J connectivity index is 0. The zero-order valence-corrected chi connectivity index (χ0v) is 4.07. The maximum Gasteiger partial charge on any atom is 5.00 e. The Labute approximate surface area is 62.4 Å². The Morgan fingerprint density at radius 1 is 0.667 bits per heavy atom. The van der Waals surface area contributed by atoms with Gasteiger partial charge in [-0.1, -0.05) is 0 Å². The molecule has 0 bridgehead atoms. The van der Waals surface area contributed by atoms with Crippen LogP contribution < -0.4 is 18.9 Å². The minimum atomic E-state index is 0. The molecule has 0 aliphatic carbocycles. The van der Waals surface area contributed by atoms with Crippen molar-refractivity contribution in [1.29, 1.82) is 0 Å². The maximum absolute atomic E-state index is 0. The minimum Gasteiger partial charge on any atom is -2.00 e. The van der Waals surface area contributed by atoms with Gasteiger partial charge in [-0.15, -0.1) is 0 Å². The summed E-state index contributed by atoms with van der Waals surface area (Å²) in [6.45, 7) is 0. The number of hydrogen-bond donors (Lipinski definition) is 0. The molecule has 3 nitrogen and oxygen atoms in total. The van der Waals surface area contributed by atoms with Gasteiger partial charge in [0, 0.05) is 0 Å². The third-order valence-corrected chi connectivity index (χ3v) is 0. The molecule has 0 aliphatic heterocycles. The molecule has 0 atom stereocenters. The Hall–Kier alpha value is 1.13. The van der Waals surface area contributed by atoms with E-state index in [1.54, 1.807) is 0 Å². The van der Waals surface area contributed by atoms with Crippen LogP contribution in [-0.2, 0) is 35.0 Å². The van der Waals surface area contributed by atoms with E-state index in [1.807, 2.05) is 0 Å². The number of hydrogen-bond acceptors (Lipinski definition) is 0. The van der Waals surface area contributed by atoms with Crippen LogP contribution in [0.4, 0.5) is 0 Å². The summed E-state index contributed by atoms with van der Waals surface area (Å²) in [7, 11) is 0. The van der Waals surface area contributed by atoms with Crippen LogP contribution in [0.3, 0.4) is 0 Å². The van der Waals surface area contributed by atoms with Gasteiger partial charge in [0.2, 0.25) is 0 Å². The van der Waals surface area contributed by atoms with Crippen molar-refractivity contribution in [2.45, 2.75) is 0 Å². The van der Waals surface area contributed by atoms with Gasteiger partial charge in [-0.3, -0.25) is 0 Å². The summed E-state index contributed by atoms with van der Waals surface area (Å²) in [4.78, 5) is 0. The van der Waals surface area contributed by atoms with Gasteiger partial charge in [0.15, 0.2) is 0 Å². The van der Waals surface area contributed by atoms with Gasteiger partial charge in [0.1, 0.15) is 0 Å². The predicted molar refractivity (Wildman–Crippen MR) is 12.0 cm³/mol. The maximum atomic E-state index is 0. The first kappa shape index (κ1) is 211. The van der Waals surface area contributed by atoms with Crippen LogP contribution in [0.25, 0.3) is 0 Å². The van der Waals surface area contributed by atoms with Gasteiger partial charge < -0.3 is 16.4 Å². The van der Waals surface area contributed by atoms with Crippen LogP contribution in [0.5, 0.6) is 0 Å². The normalized spacial score (nSPS) is 0. The largest absolute Gasteiger partial charge is 5.00 e. The van der Waals surface area contributed by atoms with Crippen molar-refractivity contribution >= 4 is 8.41 Å². The summed E-state index contributed by atoms with van der Waals surface area (Å²) in [6.07, 6.45) is 0. The summed E-state index contributed by atoms with van der Waals surface area (Å²) < 4.78 is 0. The van der Waals surface area contributed by atoms with E-state index in [4.69, 9.17) is 0 Å². The first-order valence-electron chi connectivity index (χ1n) is 0. The molecular formula is H3BLiO3V. The minimum absolute atomic E-state index is 0. The van der Waals surface area contributed by atoms with E-state index in [1.165, 1.54) is 0 Å². The van der Waals surface area contributed by atoms with Crippen molar-refractivity contribution in [3.63, 3.8) is 0 Å². The summed E-state index contributed by atoms with van der Waals surface area (Å²) in [5, 5.41) is 0. The Morgan fingerprint density at radius 3 is 0.667 bits per heavy atom. The molecule has 6 heavy (non-hydrogen) atoms. The van der Waals surface area contributed by atoms with E-state index in [2.05, 4.69) is 0 Å². The van der Waals surface area contributed by atoms with Crippen LogP contribution in [0.1, 0.15) is 0 Å². The second-order valence-electron chi connectivity index (χ2n) is 0. The van der Waals surface area contributed by atoms with Crippen molar-refractivity contribution in [2.75, 3.05) is 0 Å². The molecule has 6 heteroatoms. The van der Waals surface area contributed by atoms with Crippen molar-refractivity contribution in [3.05, 3.63) is 0 Å². The fourth-order valence-corrected chi connectivity index (χ4v) is 0. The Kier molecular flexibility index (Phi) is 4450. The van der Waals surface area contributed by atoms with Gasteiger partial charge in [0.05, 0.1) is 8.41 Å². The molecule has 30 valence electrons. The van der Waals surface area contributed by atoms with Gasteiger partial charge in [-0.05, 0) is 0 Å². The standard InChI is InChI=1S/BH3.Li.3O.V/h1H3;;;;;/q;+1;3*-2;+5. The fourth-order valence-electron chi connectivity index (χ4n) is 0. The van der Waals surface area contributed by atoms with Crippen molar-refractivity contribution in [1.82, 2.24) is 0 Å². The molecule has 0 unspecified atom stereocenters. The van der Waals surface area contributed by atoms with Gasteiger partial charge in [-0.2, -0.15) is 0 Å². The van der Waals surface area contributed by atoms with E-state index in [0.29, 0.717) is 0 Å². The Morgan fingerprint density at radius 2 is 0.667 bits per heavy atom. The molecule has 0 saturated carbocycles. The molecule has 0 rings (SSSR count). The molecule has 0 aromatic rings. The van der Waals surface area contributed by atoms with Crippen molar-refractivity contribution in [3.8, 4) is 0 Å². The molecular weight excluding hydrogens is 117 g/mol. The van der Waals surface area contributed by atoms with E-state index >= 15 is 0 Å². The van der Waals surface area contributed by atoms with Crippen molar-refractivity contribution < 1.29 is 53.8 Å². The second-order valence-corrected chi connectivity index (χ2v) is 0. The van der Waals surface area contributed by atoms with Crippen LogP contribution in [0, 0.1) is 0 Å². The number of rotatable bonds is 0. The van der Waals surface area contributed by atoms with E-state index < -0.39 is 0 Å². The molecule has 0 heterocycles. The molecule has 0 aromatic heterocycles. The topological polar surface area (TPSA) is 85.5 Å². The summed E-state index contributed by atoms with van der Waals surface area (Å²) in [5.41, 5.74) is 0. The molecule has 0 saturated heterocycles. The second kappa shape index (κ2) is 127. The zero-order valence-electron chi connectivity index (χ0n) is 2.67. The molecule has 0 fully saturated rings. The fraction of sp³-hybridized carbons (Fsp3) is 0. The van der Waals surface area contributed by atoms with Crippen LogP contribution in [0.15, 0.2) is 0 Å². The first-order valence-corrected chi connectivity index (χ1v) is 0. The van der Waals surface area contributed by atoms with E-state index in [9.17, 15) is 0 Å². The molecule has 0 spiro atoms. The molecule has 0 N–H and O–H groups in total. The quantitative estimate of drug-likeness (QED) is 0.288. The van der Waals surface area contributed by atoms with Gasteiger partial charge >= 0.3 is 37.4 Å². The average molecular weight is 120 g/mol. The van der Waals surface area contributed by atoms with Crippen LogP contribution >= 0.6 is 0 Å². The zero-order chi connectivity index (χ0) is 0. The molecule has 0 aromatic carbocycles. The Bertz CT molecular complexity index is 10.8. The van der Waals surface area contributed by atoms with Crippen molar-refractivity contribution in [2.24, 2.45) is 0 Å². The summed E-state index contributed by atoms with van der Waals surface area (Å²) >= 11 is 0. The van der Waals surface area contributed by atoms with Crippen LogP contribution in [-0.4, -0.2) is 8.41 Å². The van der Waals surface area contributed by atoms with Gasteiger partial charge in [0.25, 0.3) is 0 Å². The van der Waals surface area contributed by atoms with Gasteiger partial charge in [-0.25, -0.2) is 0 Å². The monoisotopic (exact) mass is 120 g/mol. The predicted octanol–water partition coefficient (Wildman–Crippen LogP) is -4.54. The third-order valence-electron chi connectivity index (χ3n) is 0. The van der Waals surface area contributed by atoms with E-state index in [-0.39, 0.29) is 62.3 Å². The SMILES string of the molecule is B.[Li+].[O-2].[O-2].[O-2].[V+5]. The smallest absolute Gasteiger partial charge is 2.00 e. The molecule has 0 amide bonds. The summed E-state index contributed by atoms with van der Waals surface area (Å²) in [5.74, 6) is 0. The molecule has 0 radical (unpaired) electrons. The third kappa shape index (κ3) is 68.8. The average Bonchev–Trinajstić information content (AvgIpc) is 0.